The molecule has 0 radical (unpaired) electrons. The van der Waals surface area contributed by atoms with Gasteiger partial charge in [0.1, 0.15) is 0 Å². The number of carbonyl (C=O) groups is 2. The average molecular weight is 219 g/mol. The number of ether oxygens (including phenoxy) is 1. The number of amides is 3. The molecular weight excluding hydrogens is 198 g/mol. The number of nitrogens with one attached hydrogen (secondary N) is 3. The lowest BCUT2D eigenvalue weighted by Gasteiger charge is -2.05. The minimum Gasteiger partial charge on any atom is -0.383 e. The number of urea groups is 1. The van der Waals surface area contributed by atoms with Crippen molar-refractivity contribution in [2.75, 3.05) is 33.9 Å². The van der Waals surface area contributed by atoms with Gasteiger partial charge in [0, 0.05) is 20.7 Å². The van der Waals surface area contributed by atoms with Gasteiger partial charge < -0.3 is 20.7 Å². The number of methoxy groups -OCH3 is 1. The normalized spacial score (nSPS) is 8.27. The van der Waals surface area contributed by atoms with E-state index in [-0.39, 0.29) is 18.5 Å². The maximum absolute atomic E-state index is 10.9. The third-order valence-corrected chi connectivity index (χ3v) is 1.26. The van der Waals surface area contributed by atoms with E-state index in [2.05, 4.69) is 16.0 Å². The lowest BCUT2D eigenvalue weighted by molar-refractivity contribution is -0.120. The highest BCUT2D eigenvalue weighted by molar-refractivity contribution is 5.83. The van der Waals surface area contributed by atoms with E-state index in [0.717, 1.165) is 0 Å². The molecule has 0 fully saturated rings. The van der Waals surface area contributed by atoms with Gasteiger partial charge >= 0.3 is 6.03 Å². The Hall–Kier alpha value is -1.30. The number of rotatable bonds is 5. The van der Waals surface area contributed by atoms with Crippen LogP contribution in [0.2, 0.25) is 0 Å². The summed E-state index contributed by atoms with van der Waals surface area (Å²) in [4.78, 5) is 21.5. The van der Waals surface area contributed by atoms with Crippen molar-refractivity contribution in [3.63, 3.8) is 0 Å². The fraction of sp³-hybridized carbons (Fsp3) is 0.778. The quantitative estimate of drug-likeness (QED) is 0.556. The third-order valence-electron chi connectivity index (χ3n) is 1.26. The minimum atomic E-state index is -0.373. The van der Waals surface area contributed by atoms with Crippen molar-refractivity contribution in [3.8, 4) is 0 Å². The Morgan fingerprint density at radius 1 is 1.20 bits per heavy atom. The number of hydrogen-bond acceptors (Lipinski definition) is 3. The first kappa shape index (κ1) is 16.1. The molecule has 15 heavy (non-hydrogen) atoms. The summed E-state index contributed by atoms with van der Waals surface area (Å²) in [5.41, 5.74) is 0. The van der Waals surface area contributed by atoms with Crippen LogP contribution in [0.15, 0.2) is 0 Å². The Balaban J connectivity index is 0. The molecule has 0 heterocycles. The van der Waals surface area contributed by atoms with E-state index in [9.17, 15) is 9.59 Å². The molecule has 0 aliphatic carbocycles. The van der Waals surface area contributed by atoms with Gasteiger partial charge in [0.25, 0.3) is 0 Å². The molecule has 90 valence electrons. The van der Waals surface area contributed by atoms with Crippen molar-refractivity contribution in [1.29, 1.82) is 0 Å². The molecule has 0 bridgehead atoms. The summed E-state index contributed by atoms with van der Waals surface area (Å²) in [6, 6.07) is -0.373. The topological polar surface area (TPSA) is 79.5 Å². The Morgan fingerprint density at radius 3 is 2.27 bits per heavy atom. The summed E-state index contributed by atoms with van der Waals surface area (Å²) in [5.74, 6) is -0.236. The van der Waals surface area contributed by atoms with E-state index in [4.69, 9.17) is 4.74 Å². The van der Waals surface area contributed by atoms with Crippen LogP contribution < -0.4 is 16.0 Å². The van der Waals surface area contributed by atoms with Crippen molar-refractivity contribution in [2.24, 2.45) is 0 Å². The van der Waals surface area contributed by atoms with Crippen LogP contribution in [0.5, 0.6) is 0 Å². The van der Waals surface area contributed by atoms with Crippen LogP contribution in [0.25, 0.3) is 0 Å². The average Bonchev–Trinajstić information content (AvgIpc) is 2.29. The van der Waals surface area contributed by atoms with Gasteiger partial charge in [0.2, 0.25) is 5.91 Å². The van der Waals surface area contributed by atoms with E-state index in [1.165, 1.54) is 7.05 Å². The Labute approximate surface area is 90.8 Å². The monoisotopic (exact) mass is 219 g/mol. The molecule has 0 spiro atoms. The molecule has 0 saturated carbocycles. The molecule has 0 rings (SSSR count). The van der Waals surface area contributed by atoms with Crippen LogP contribution in [0.3, 0.4) is 0 Å². The fourth-order valence-electron chi connectivity index (χ4n) is 0.604. The first-order valence-electron chi connectivity index (χ1n) is 4.92. The molecule has 6 nitrogen and oxygen atoms in total. The van der Waals surface area contributed by atoms with Gasteiger partial charge in [0.05, 0.1) is 13.2 Å². The summed E-state index contributed by atoms with van der Waals surface area (Å²) in [6.45, 7) is 4.89. The number of hydrogen-bond donors (Lipinski definition) is 3. The van der Waals surface area contributed by atoms with Crippen molar-refractivity contribution < 1.29 is 14.3 Å². The Bertz CT molecular complexity index is 174. The van der Waals surface area contributed by atoms with E-state index in [1.807, 2.05) is 13.8 Å². The van der Waals surface area contributed by atoms with Gasteiger partial charge in [-0.3, -0.25) is 4.79 Å². The maximum atomic E-state index is 10.9. The summed E-state index contributed by atoms with van der Waals surface area (Å²) in [7, 11) is 3.03. The van der Waals surface area contributed by atoms with Crippen LogP contribution in [0.4, 0.5) is 4.79 Å². The molecule has 0 aromatic carbocycles. The second-order valence-corrected chi connectivity index (χ2v) is 2.28. The van der Waals surface area contributed by atoms with Crippen molar-refractivity contribution in [2.45, 2.75) is 13.8 Å². The summed E-state index contributed by atoms with van der Waals surface area (Å²) < 4.78 is 4.72. The van der Waals surface area contributed by atoms with Crippen LogP contribution in [0.1, 0.15) is 13.8 Å². The highest BCUT2D eigenvalue weighted by Gasteiger charge is 2.01. The second-order valence-electron chi connectivity index (χ2n) is 2.28. The first-order chi connectivity index (χ1) is 7.20. The first-order valence-corrected chi connectivity index (χ1v) is 4.92. The predicted molar refractivity (Wildman–Crippen MR) is 58.7 cm³/mol. The van der Waals surface area contributed by atoms with Crippen LogP contribution in [-0.4, -0.2) is 45.8 Å². The summed E-state index contributed by atoms with van der Waals surface area (Å²) in [6.07, 6.45) is 0. The smallest absolute Gasteiger partial charge is 0.314 e. The van der Waals surface area contributed by atoms with Crippen molar-refractivity contribution >= 4 is 11.9 Å². The second kappa shape index (κ2) is 12.7. The lowest BCUT2D eigenvalue weighted by Crippen LogP contribution is -2.41. The zero-order chi connectivity index (χ0) is 12.1. The van der Waals surface area contributed by atoms with Gasteiger partial charge in [-0.1, -0.05) is 13.8 Å². The van der Waals surface area contributed by atoms with Crippen molar-refractivity contribution in [1.82, 2.24) is 16.0 Å². The van der Waals surface area contributed by atoms with Gasteiger partial charge in [-0.05, 0) is 0 Å². The van der Waals surface area contributed by atoms with Gasteiger partial charge in [-0.15, -0.1) is 0 Å². The summed E-state index contributed by atoms with van der Waals surface area (Å²) >= 11 is 0. The molecule has 6 heteroatoms. The van der Waals surface area contributed by atoms with Crippen LogP contribution in [-0.2, 0) is 9.53 Å². The standard InChI is InChI=1S/C7H15N3O3.C2H6/c1-8-7(12)10-5-6(11)9-3-4-13-2;1-2/h3-5H2,1-2H3,(H,9,11)(H2,8,10,12);1-2H3. The molecule has 0 aliphatic rings. The molecule has 0 saturated heterocycles. The van der Waals surface area contributed by atoms with Crippen LogP contribution in [0, 0.1) is 0 Å². The SMILES string of the molecule is CC.CNC(=O)NCC(=O)NCCOC. The minimum absolute atomic E-state index is 0.0244. The fourth-order valence-corrected chi connectivity index (χ4v) is 0.604. The van der Waals surface area contributed by atoms with Gasteiger partial charge in [-0.25, -0.2) is 4.79 Å². The van der Waals surface area contributed by atoms with E-state index < -0.39 is 0 Å². The lowest BCUT2D eigenvalue weighted by atomic mass is 10.5. The molecule has 0 unspecified atom stereocenters. The molecule has 0 atom stereocenters. The maximum Gasteiger partial charge on any atom is 0.314 e. The predicted octanol–water partition coefficient (Wildman–Crippen LogP) is -0.296. The van der Waals surface area contributed by atoms with E-state index in [0.29, 0.717) is 13.2 Å². The highest BCUT2D eigenvalue weighted by atomic mass is 16.5. The van der Waals surface area contributed by atoms with Crippen molar-refractivity contribution in [3.05, 3.63) is 0 Å². The zero-order valence-corrected chi connectivity index (χ0v) is 9.85. The molecule has 3 amide bonds. The molecule has 3 N–H and O–H groups in total. The van der Waals surface area contributed by atoms with Gasteiger partial charge in [0.15, 0.2) is 0 Å². The Morgan fingerprint density at radius 2 is 1.80 bits per heavy atom. The summed E-state index contributed by atoms with van der Waals surface area (Å²) in [5, 5.41) is 7.25. The molecule has 0 aliphatic heterocycles. The Kier molecular flexibility index (Phi) is 13.7. The van der Waals surface area contributed by atoms with E-state index in [1.54, 1.807) is 7.11 Å². The zero-order valence-electron chi connectivity index (χ0n) is 9.85. The molecular formula is C9H21N3O3. The highest BCUT2D eigenvalue weighted by Crippen LogP contribution is 1.67. The van der Waals surface area contributed by atoms with Crippen LogP contribution >= 0.6 is 0 Å². The number of carbonyl (C=O) groups excluding carboxylic acids is 2. The third kappa shape index (κ3) is 12.7. The molecule has 0 aromatic heterocycles. The largest absolute Gasteiger partial charge is 0.383 e. The van der Waals surface area contributed by atoms with E-state index >= 15 is 0 Å². The molecule has 0 aromatic rings. The van der Waals surface area contributed by atoms with Gasteiger partial charge in [-0.2, -0.15) is 0 Å².